The average Bonchev–Trinajstić information content (AvgIpc) is 2.74. The third-order valence-electron chi connectivity index (χ3n) is 3.44. The molecule has 0 spiro atoms. The van der Waals surface area contributed by atoms with Crippen molar-refractivity contribution in [1.29, 1.82) is 0 Å². The molecule has 1 aromatic heterocycles. The lowest BCUT2D eigenvalue weighted by Gasteiger charge is -2.27. The van der Waals surface area contributed by atoms with Gasteiger partial charge in [-0.05, 0) is 18.2 Å². The van der Waals surface area contributed by atoms with Gasteiger partial charge in [-0.15, -0.1) is 0 Å². The second-order valence-corrected chi connectivity index (χ2v) is 4.65. The SMILES string of the molecule is Cn1c(=O)oc2cc(C(=O)N3CCNCC3)ccc21. The van der Waals surface area contributed by atoms with E-state index < -0.39 is 5.76 Å². The van der Waals surface area contributed by atoms with Gasteiger partial charge in [0.25, 0.3) is 5.91 Å². The predicted molar refractivity (Wildman–Crippen MR) is 70.2 cm³/mol. The first-order chi connectivity index (χ1) is 9.16. The number of aryl methyl sites for hydroxylation is 1. The molecule has 0 aliphatic carbocycles. The normalized spacial score (nSPS) is 15.9. The van der Waals surface area contributed by atoms with Crippen molar-refractivity contribution >= 4 is 17.0 Å². The fraction of sp³-hybridized carbons (Fsp3) is 0.385. The topological polar surface area (TPSA) is 67.5 Å². The van der Waals surface area contributed by atoms with Crippen LogP contribution in [-0.2, 0) is 7.05 Å². The number of rotatable bonds is 1. The number of amides is 1. The fourth-order valence-corrected chi connectivity index (χ4v) is 2.32. The van der Waals surface area contributed by atoms with Gasteiger partial charge in [0.15, 0.2) is 5.58 Å². The highest BCUT2D eigenvalue weighted by Gasteiger charge is 2.19. The number of carbonyl (C=O) groups excluding carboxylic acids is 1. The molecule has 0 atom stereocenters. The maximum atomic E-state index is 12.3. The van der Waals surface area contributed by atoms with Crippen LogP contribution < -0.4 is 11.1 Å². The number of nitrogens with one attached hydrogen (secondary N) is 1. The van der Waals surface area contributed by atoms with Crippen LogP contribution in [0.4, 0.5) is 0 Å². The largest absolute Gasteiger partial charge is 0.419 e. The van der Waals surface area contributed by atoms with Crippen LogP contribution in [0.15, 0.2) is 27.4 Å². The van der Waals surface area contributed by atoms with E-state index in [0.717, 1.165) is 13.1 Å². The van der Waals surface area contributed by atoms with Crippen LogP contribution in [-0.4, -0.2) is 41.6 Å². The lowest BCUT2D eigenvalue weighted by molar-refractivity contribution is 0.0736. The smallest absolute Gasteiger partial charge is 0.408 e. The minimum atomic E-state index is -0.415. The summed E-state index contributed by atoms with van der Waals surface area (Å²) in [7, 11) is 1.64. The van der Waals surface area contributed by atoms with Gasteiger partial charge in [0, 0.05) is 38.8 Å². The Kier molecular flexibility index (Phi) is 2.87. The molecule has 1 amide bonds. The summed E-state index contributed by atoms with van der Waals surface area (Å²) in [6, 6.07) is 5.12. The Balaban J connectivity index is 1.96. The van der Waals surface area contributed by atoms with Crippen molar-refractivity contribution < 1.29 is 9.21 Å². The summed E-state index contributed by atoms with van der Waals surface area (Å²) in [5.41, 5.74) is 1.71. The van der Waals surface area contributed by atoms with E-state index in [4.69, 9.17) is 4.42 Å². The van der Waals surface area contributed by atoms with E-state index in [1.165, 1.54) is 4.57 Å². The molecule has 1 aliphatic heterocycles. The first kappa shape index (κ1) is 12.0. The van der Waals surface area contributed by atoms with Gasteiger partial charge < -0.3 is 14.6 Å². The Morgan fingerprint density at radius 1 is 1.32 bits per heavy atom. The van der Waals surface area contributed by atoms with Crippen LogP contribution in [0, 0.1) is 0 Å². The van der Waals surface area contributed by atoms with Crippen molar-refractivity contribution in [3.8, 4) is 0 Å². The van der Waals surface area contributed by atoms with Gasteiger partial charge in [0.05, 0.1) is 5.52 Å². The van der Waals surface area contributed by atoms with Crippen LogP contribution in [0.1, 0.15) is 10.4 Å². The number of oxazole rings is 1. The van der Waals surface area contributed by atoms with Crippen LogP contribution in [0.3, 0.4) is 0 Å². The van der Waals surface area contributed by atoms with E-state index in [2.05, 4.69) is 5.32 Å². The third kappa shape index (κ3) is 2.04. The van der Waals surface area contributed by atoms with Crippen LogP contribution in [0.5, 0.6) is 0 Å². The Labute approximate surface area is 109 Å². The van der Waals surface area contributed by atoms with E-state index in [-0.39, 0.29) is 5.91 Å². The van der Waals surface area contributed by atoms with Crippen molar-refractivity contribution in [3.05, 3.63) is 34.3 Å². The number of benzene rings is 1. The molecule has 2 aromatic rings. The number of fused-ring (bicyclic) bond motifs is 1. The third-order valence-corrected chi connectivity index (χ3v) is 3.44. The summed E-state index contributed by atoms with van der Waals surface area (Å²) < 4.78 is 6.53. The van der Waals surface area contributed by atoms with E-state index in [9.17, 15) is 9.59 Å². The quantitative estimate of drug-likeness (QED) is 0.795. The second kappa shape index (κ2) is 4.55. The van der Waals surface area contributed by atoms with Crippen molar-refractivity contribution in [1.82, 2.24) is 14.8 Å². The van der Waals surface area contributed by atoms with Gasteiger partial charge in [-0.2, -0.15) is 0 Å². The summed E-state index contributed by atoms with van der Waals surface area (Å²) in [5, 5.41) is 3.20. The predicted octanol–water partition coefficient (Wildman–Crippen LogP) is 0.177. The van der Waals surface area contributed by atoms with Crippen molar-refractivity contribution in [2.75, 3.05) is 26.2 Å². The molecule has 6 heteroatoms. The van der Waals surface area contributed by atoms with Gasteiger partial charge in [-0.1, -0.05) is 0 Å². The zero-order valence-electron chi connectivity index (χ0n) is 10.7. The molecule has 1 fully saturated rings. The molecule has 1 aromatic carbocycles. The maximum absolute atomic E-state index is 12.3. The molecule has 1 saturated heterocycles. The van der Waals surface area contributed by atoms with Crippen molar-refractivity contribution in [2.45, 2.75) is 0 Å². The minimum Gasteiger partial charge on any atom is -0.408 e. The zero-order valence-corrected chi connectivity index (χ0v) is 10.7. The molecule has 100 valence electrons. The summed E-state index contributed by atoms with van der Waals surface area (Å²) in [6.45, 7) is 3.04. The minimum absolute atomic E-state index is 0.0186. The number of nitrogens with zero attached hydrogens (tertiary/aromatic N) is 2. The molecular weight excluding hydrogens is 246 g/mol. The van der Waals surface area contributed by atoms with E-state index >= 15 is 0 Å². The standard InChI is InChI=1S/C13H15N3O3/c1-15-10-3-2-9(8-11(10)19-13(15)18)12(17)16-6-4-14-5-7-16/h2-3,8,14H,4-7H2,1H3. The number of aromatic nitrogens is 1. The summed E-state index contributed by atoms with van der Waals surface area (Å²) in [4.78, 5) is 25.5. The highest BCUT2D eigenvalue weighted by Crippen LogP contribution is 2.16. The highest BCUT2D eigenvalue weighted by atomic mass is 16.4. The summed E-state index contributed by atoms with van der Waals surface area (Å²) in [5.74, 6) is -0.434. The zero-order chi connectivity index (χ0) is 13.4. The molecule has 0 saturated carbocycles. The first-order valence-electron chi connectivity index (χ1n) is 6.26. The molecule has 1 aliphatic rings. The van der Waals surface area contributed by atoms with E-state index in [1.807, 2.05) is 0 Å². The summed E-state index contributed by atoms with van der Waals surface area (Å²) in [6.07, 6.45) is 0. The molecule has 0 radical (unpaired) electrons. The molecule has 0 bridgehead atoms. The first-order valence-corrected chi connectivity index (χ1v) is 6.26. The molecule has 2 heterocycles. The van der Waals surface area contributed by atoms with Crippen LogP contribution in [0.25, 0.3) is 11.1 Å². The van der Waals surface area contributed by atoms with Crippen LogP contribution >= 0.6 is 0 Å². The number of hydrogen-bond donors (Lipinski definition) is 1. The summed E-state index contributed by atoms with van der Waals surface area (Å²) >= 11 is 0. The highest BCUT2D eigenvalue weighted by molar-refractivity contribution is 5.97. The Hall–Kier alpha value is -2.08. The van der Waals surface area contributed by atoms with Gasteiger partial charge in [-0.25, -0.2) is 4.79 Å². The average molecular weight is 261 g/mol. The second-order valence-electron chi connectivity index (χ2n) is 4.65. The number of hydrogen-bond acceptors (Lipinski definition) is 4. The van der Waals surface area contributed by atoms with Gasteiger partial charge in [0.2, 0.25) is 0 Å². The number of piperazine rings is 1. The van der Waals surface area contributed by atoms with Crippen molar-refractivity contribution in [2.24, 2.45) is 7.05 Å². The van der Waals surface area contributed by atoms with Gasteiger partial charge >= 0.3 is 5.76 Å². The Morgan fingerprint density at radius 3 is 2.79 bits per heavy atom. The fourth-order valence-electron chi connectivity index (χ4n) is 2.32. The molecule has 3 rings (SSSR count). The molecule has 6 nitrogen and oxygen atoms in total. The molecule has 19 heavy (non-hydrogen) atoms. The lowest BCUT2D eigenvalue weighted by atomic mass is 10.1. The van der Waals surface area contributed by atoms with Gasteiger partial charge in [-0.3, -0.25) is 9.36 Å². The van der Waals surface area contributed by atoms with Crippen molar-refractivity contribution in [3.63, 3.8) is 0 Å². The van der Waals surface area contributed by atoms with E-state index in [0.29, 0.717) is 29.8 Å². The van der Waals surface area contributed by atoms with Gasteiger partial charge in [0.1, 0.15) is 0 Å². The van der Waals surface area contributed by atoms with Crippen LogP contribution in [0.2, 0.25) is 0 Å². The molecule has 0 unspecified atom stereocenters. The molecule has 1 N–H and O–H groups in total. The lowest BCUT2D eigenvalue weighted by Crippen LogP contribution is -2.46. The Morgan fingerprint density at radius 2 is 2.05 bits per heavy atom. The monoisotopic (exact) mass is 261 g/mol. The molecular formula is C13H15N3O3. The maximum Gasteiger partial charge on any atom is 0.419 e. The van der Waals surface area contributed by atoms with E-state index in [1.54, 1.807) is 30.1 Å². The number of carbonyl (C=O) groups is 1. The Bertz CT molecular complexity index is 680.